The van der Waals surface area contributed by atoms with Crippen molar-refractivity contribution in [2.24, 2.45) is 0 Å². The highest BCUT2D eigenvalue weighted by atomic mass is 15.3. The summed E-state index contributed by atoms with van der Waals surface area (Å²) in [7, 11) is 0. The number of fused-ring (bicyclic) bond motifs is 8. The largest absolute Gasteiger partial charge is 0.354 e. The van der Waals surface area contributed by atoms with Gasteiger partial charge in [-0.3, -0.25) is 4.68 Å². The smallest absolute Gasteiger partial charge is 0.163 e. The van der Waals surface area contributed by atoms with Crippen molar-refractivity contribution < 1.29 is 0 Å². The van der Waals surface area contributed by atoms with Crippen LogP contribution in [-0.2, 0) is 6.42 Å². The Labute approximate surface area is 673 Å². The van der Waals surface area contributed by atoms with Gasteiger partial charge in [0.2, 0.25) is 0 Å². The molecule has 17 rings (SSSR count). The normalized spacial score (nSPS) is 11.8. The van der Waals surface area contributed by atoms with E-state index < -0.39 is 0 Å². The van der Waals surface area contributed by atoms with Gasteiger partial charge in [0, 0.05) is 144 Å². The molecular weight excluding hydrogens is 1420 g/mol. The van der Waals surface area contributed by atoms with Crippen molar-refractivity contribution in [2.75, 3.05) is 11.4 Å². The number of rotatable bonds is 9. The number of anilines is 1. The number of hydrogen-bond acceptors (Lipinski definition) is 16. The second-order valence-corrected chi connectivity index (χ2v) is 32.0. The van der Waals surface area contributed by atoms with Gasteiger partial charge >= 0.3 is 0 Å². The standard InChI is InChI=1S/C12H15N.2C11H15N3.C11H16N2.C11H14N2.C10H13N3.C9H12N4.C8H10N4.C7H12N2/c1-9(2)13-7-6-11-8-10(3)4-5-12(11)13;1-7(2)14-6-12-10-5-8(3)9(4)13-11(10)14;1-7(2)14-11-10(6-12-14)5-8(3)9(4)13-11;2*1-8(2)13-5-4-10-6-9(3)7-12-11(10)13;1-7(2)13-5-4-9-6-11-8(3)12-10(9)13;1-6(2)13-5-11-8-4-10-7(3)12-9(8)13;1-6(2)12-8-7(4-11-12)3-9-5-10-8;1-6(2)9-5-4-7(3)8-9/h4-9H,1-3H3;2*5-7H,1-4H3;6-8H,4-5H2,1-3H3;4-8H,1-3H3;4-7H,1-3H3;4-6H,1-3H3;3-6H,1-2H3;4-6H,1-3H3. The summed E-state index contributed by atoms with van der Waals surface area (Å²) >= 11 is 0. The highest BCUT2D eigenvalue weighted by Gasteiger charge is 2.22. The lowest BCUT2D eigenvalue weighted by Gasteiger charge is -2.22. The van der Waals surface area contributed by atoms with Gasteiger partial charge in [0.25, 0.3) is 0 Å². The molecule has 0 radical (unpaired) electrons. The molecule has 0 bridgehead atoms. The highest BCUT2D eigenvalue weighted by Crippen LogP contribution is 2.29. The molecule has 1 aliphatic rings. The van der Waals surface area contributed by atoms with Gasteiger partial charge in [-0.1, -0.05) is 17.7 Å². The number of hydrogen-bond donors (Lipinski definition) is 0. The van der Waals surface area contributed by atoms with E-state index in [9.17, 15) is 0 Å². The van der Waals surface area contributed by atoms with Gasteiger partial charge in [-0.15, -0.1) is 0 Å². The Balaban J connectivity index is 0.000000147. The van der Waals surface area contributed by atoms with Crippen molar-refractivity contribution in [2.45, 2.75) is 255 Å². The second kappa shape index (κ2) is 38.9. The van der Waals surface area contributed by atoms with Crippen LogP contribution in [0.5, 0.6) is 0 Å². The van der Waals surface area contributed by atoms with Crippen molar-refractivity contribution in [3.05, 3.63) is 216 Å². The fourth-order valence-electron chi connectivity index (χ4n) is 12.9. The molecule has 114 heavy (non-hydrogen) atoms. The minimum atomic E-state index is 0.345. The number of benzene rings is 1. The maximum Gasteiger partial charge on any atom is 0.163 e. The Hall–Kier alpha value is -11.4. The molecule has 0 saturated carbocycles. The number of aromatic nitrogens is 23. The van der Waals surface area contributed by atoms with E-state index in [1.165, 1.54) is 55.5 Å². The van der Waals surface area contributed by atoms with Crippen LogP contribution in [0.1, 0.15) is 235 Å². The van der Waals surface area contributed by atoms with Gasteiger partial charge < -0.3 is 27.7 Å². The SMILES string of the molecule is CC(C)n1ncc2cncnc21.Cc1cc2cnn(C(C)C)c2nc1C.Cc1cc2ncn(C(C)C)c2nc1C.Cc1ccc2c(ccn2C(C)C)c1.Cc1ccn(C(C)C)n1.Cc1cnc2c(c1)CCN2C(C)C.Cc1cnc2c(ccn2C(C)C)c1.Cc1ncc2ccn(C(C)C)c2n1.Cc1ncc2ncn(C(C)C)c2n1. The molecule has 0 saturated heterocycles. The third kappa shape index (κ3) is 21.9. The summed E-state index contributed by atoms with van der Waals surface area (Å²) in [4.78, 5) is 54.0. The van der Waals surface area contributed by atoms with Gasteiger partial charge in [-0.05, 0) is 288 Å². The lowest BCUT2D eigenvalue weighted by Crippen LogP contribution is -2.28. The van der Waals surface area contributed by atoms with Crippen LogP contribution < -0.4 is 4.90 Å². The molecular formula is C90H122N24. The first-order valence-corrected chi connectivity index (χ1v) is 40.0. The van der Waals surface area contributed by atoms with Gasteiger partial charge in [0.1, 0.15) is 46.1 Å². The molecule has 0 aliphatic carbocycles. The molecule has 16 heterocycles. The number of pyridine rings is 4. The average molecular weight is 1540 g/mol. The summed E-state index contributed by atoms with van der Waals surface area (Å²) in [6.45, 7) is 60.0. The first-order valence-electron chi connectivity index (χ1n) is 40.0. The molecule has 0 amide bonds. The van der Waals surface area contributed by atoms with Gasteiger partial charge in [-0.2, -0.15) is 15.3 Å². The molecule has 15 aromatic heterocycles. The summed E-state index contributed by atoms with van der Waals surface area (Å²) < 4.78 is 16.6. The fourth-order valence-corrected chi connectivity index (χ4v) is 12.9. The Morgan fingerprint density at radius 2 is 0.860 bits per heavy atom. The minimum Gasteiger partial charge on any atom is -0.354 e. The number of aryl methyl sites for hydroxylation is 10. The third-order valence-electron chi connectivity index (χ3n) is 19.5. The first-order chi connectivity index (χ1) is 54.1. The van der Waals surface area contributed by atoms with Crippen molar-refractivity contribution in [1.29, 1.82) is 0 Å². The summed E-state index contributed by atoms with van der Waals surface area (Å²) in [5.74, 6) is 2.81. The lowest BCUT2D eigenvalue weighted by molar-refractivity contribution is 0.529. The zero-order valence-electron chi connectivity index (χ0n) is 72.8. The quantitative estimate of drug-likeness (QED) is 0.131. The summed E-state index contributed by atoms with van der Waals surface area (Å²) in [6.07, 6.45) is 27.6. The Bertz CT molecular complexity index is 5500. The molecule has 1 aliphatic heterocycles. The average Bonchev–Trinajstić information content (AvgIpc) is 1.63. The highest BCUT2D eigenvalue weighted by molar-refractivity contribution is 5.81. The van der Waals surface area contributed by atoms with Crippen molar-refractivity contribution in [3.8, 4) is 0 Å². The van der Waals surface area contributed by atoms with Gasteiger partial charge in [0.15, 0.2) is 22.6 Å². The molecule has 24 heteroatoms. The van der Waals surface area contributed by atoms with Crippen molar-refractivity contribution >= 4 is 83.2 Å². The van der Waals surface area contributed by atoms with Crippen LogP contribution >= 0.6 is 0 Å². The van der Waals surface area contributed by atoms with E-state index >= 15 is 0 Å². The van der Waals surface area contributed by atoms with Crippen molar-refractivity contribution in [3.63, 3.8) is 0 Å². The lowest BCUT2D eigenvalue weighted by atomic mass is 10.2. The molecule has 602 valence electrons. The monoisotopic (exact) mass is 1540 g/mol. The fraction of sp³-hybridized carbons (Fsp3) is 0.433. The van der Waals surface area contributed by atoms with Crippen LogP contribution in [0.2, 0.25) is 0 Å². The van der Waals surface area contributed by atoms with Crippen LogP contribution in [0.4, 0.5) is 5.82 Å². The molecule has 0 fully saturated rings. The van der Waals surface area contributed by atoms with E-state index in [1.54, 1.807) is 24.9 Å². The predicted octanol–water partition coefficient (Wildman–Crippen LogP) is 21.1. The molecule has 0 spiro atoms. The van der Waals surface area contributed by atoms with Crippen LogP contribution in [0, 0.1) is 69.2 Å². The van der Waals surface area contributed by atoms with Crippen LogP contribution in [0.3, 0.4) is 0 Å². The van der Waals surface area contributed by atoms with Gasteiger partial charge in [-0.25, -0.2) is 69.2 Å². The van der Waals surface area contributed by atoms with E-state index in [1.807, 2.05) is 103 Å². The van der Waals surface area contributed by atoms with Crippen molar-refractivity contribution in [1.82, 2.24) is 112 Å². The van der Waals surface area contributed by atoms with Gasteiger partial charge in [0.05, 0.1) is 42.3 Å². The van der Waals surface area contributed by atoms with E-state index in [-0.39, 0.29) is 0 Å². The van der Waals surface area contributed by atoms with E-state index in [2.05, 4.69) is 337 Å². The van der Waals surface area contributed by atoms with E-state index in [4.69, 9.17) is 0 Å². The number of imidazole rings is 2. The first kappa shape index (κ1) is 86.6. The van der Waals surface area contributed by atoms with E-state index in [0.717, 1.165) is 103 Å². The van der Waals surface area contributed by atoms with E-state index in [0.29, 0.717) is 54.4 Å². The predicted molar refractivity (Wildman–Crippen MR) is 468 cm³/mol. The summed E-state index contributed by atoms with van der Waals surface area (Å²) in [5, 5.41) is 18.6. The van der Waals surface area contributed by atoms with Crippen LogP contribution in [0.15, 0.2) is 154 Å². The molecule has 0 unspecified atom stereocenters. The summed E-state index contributed by atoms with van der Waals surface area (Å²) in [5.41, 5.74) is 20.0. The zero-order valence-corrected chi connectivity index (χ0v) is 72.8. The second-order valence-electron chi connectivity index (χ2n) is 32.0. The minimum absolute atomic E-state index is 0.345. The summed E-state index contributed by atoms with van der Waals surface area (Å²) in [6, 6.07) is 27.7. The Morgan fingerprint density at radius 1 is 0.333 bits per heavy atom. The zero-order chi connectivity index (χ0) is 83.1. The molecule has 24 nitrogen and oxygen atoms in total. The topological polar surface area (TPSA) is 236 Å². The molecule has 0 atom stereocenters. The molecule has 1 aromatic carbocycles. The molecule has 0 N–H and O–H groups in total. The van der Waals surface area contributed by atoms with Crippen LogP contribution in [-0.4, -0.2) is 125 Å². The van der Waals surface area contributed by atoms with Crippen LogP contribution in [0.25, 0.3) is 77.4 Å². The Kier molecular flexibility index (Phi) is 29.5. The Morgan fingerprint density at radius 3 is 1.46 bits per heavy atom. The number of nitrogens with zero attached hydrogens (tertiary/aromatic N) is 24. The third-order valence-corrected chi connectivity index (χ3v) is 19.5. The molecule has 16 aromatic rings. The maximum absolute atomic E-state index is 4.56. The maximum atomic E-state index is 4.56.